The van der Waals surface area contributed by atoms with Gasteiger partial charge in [-0.05, 0) is 31.6 Å². The van der Waals surface area contributed by atoms with Gasteiger partial charge in [0.1, 0.15) is 48.3 Å². The molecule has 0 spiro atoms. The minimum absolute atomic E-state index is 0.0729. The third kappa shape index (κ3) is 5.74. The molecular weight excluding hydrogens is 480 g/mol. The number of rotatable bonds is 8. The SMILES string of the molecule is CC1=CC(=O)CC(C)(C)[C@@]1(O)/C=C/[C@@H](C)O[C@H]1O[C@H](CO[C@H]2O[C@H](CO)[C@@H](O)[C@@H]2O)[C@@H](O)[C@H](O)[C@H]1O. The molecule has 12 heteroatoms. The summed E-state index contributed by atoms with van der Waals surface area (Å²) < 4.78 is 21.9. The first-order valence-corrected chi connectivity index (χ1v) is 11.9. The zero-order valence-electron chi connectivity index (χ0n) is 20.8. The van der Waals surface area contributed by atoms with Crippen LogP contribution in [0.2, 0.25) is 0 Å². The van der Waals surface area contributed by atoms with Gasteiger partial charge in [0.05, 0.1) is 19.3 Å². The zero-order chi connectivity index (χ0) is 27.0. The minimum Gasteiger partial charge on any atom is -0.394 e. The molecule has 0 aromatic heterocycles. The van der Waals surface area contributed by atoms with Crippen LogP contribution in [0.3, 0.4) is 0 Å². The number of allylic oxidation sites excluding steroid dienone is 1. The van der Waals surface area contributed by atoms with Crippen LogP contribution in [0, 0.1) is 5.41 Å². The lowest BCUT2D eigenvalue weighted by Crippen LogP contribution is -2.60. The third-order valence-corrected chi connectivity index (χ3v) is 7.18. The standard InChI is InChI=1S/C24H38O12/c1-11-7-13(26)8-23(3,4)24(11,32)6-5-12(2)34-22-20(31)18(29)17(28)15(36-22)10-33-21-19(30)16(27)14(9-25)35-21/h5-7,12,14-22,25,27-32H,8-10H2,1-4H3/b6-5+/t12-,14-,15-,16-,17-,18+,19+,20-,21+,22+,24-/m1/s1. The van der Waals surface area contributed by atoms with E-state index in [4.69, 9.17) is 18.9 Å². The Balaban J connectivity index is 1.64. The van der Waals surface area contributed by atoms with E-state index in [1.807, 2.05) is 0 Å². The van der Waals surface area contributed by atoms with E-state index in [0.717, 1.165) is 0 Å². The van der Waals surface area contributed by atoms with Crippen LogP contribution in [0.25, 0.3) is 0 Å². The first-order valence-electron chi connectivity index (χ1n) is 11.9. The van der Waals surface area contributed by atoms with Gasteiger partial charge in [0.15, 0.2) is 18.4 Å². The van der Waals surface area contributed by atoms with E-state index >= 15 is 0 Å². The highest BCUT2D eigenvalue weighted by molar-refractivity contribution is 5.92. The highest BCUT2D eigenvalue weighted by Crippen LogP contribution is 2.44. The summed E-state index contributed by atoms with van der Waals surface area (Å²) in [5.41, 5.74) is -1.68. The Kier molecular flexibility index (Phi) is 9.12. The number of carbonyl (C=O) groups excluding carboxylic acids is 1. The van der Waals surface area contributed by atoms with Gasteiger partial charge in [0.2, 0.25) is 0 Å². The molecular formula is C24H38O12. The number of hydrogen-bond acceptors (Lipinski definition) is 12. The van der Waals surface area contributed by atoms with Gasteiger partial charge in [-0.2, -0.15) is 0 Å². The molecule has 2 fully saturated rings. The average Bonchev–Trinajstić information content (AvgIpc) is 3.08. The van der Waals surface area contributed by atoms with Crippen molar-refractivity contribution < 1.29 is 59.5 Å². The van der Waals surface area contributed by atoms with Crippen molar-refractivity contribution in [3.05, 3.63) is 23.8 Å². The Labute approximate surface area is 209 Å². The zero-order valence-corrected chi connectivity index (χ0v) is 20.8. The summed E-state index contributed by atoms with van der Waals surface area (Å²) in [6.45, 7) is 5.91. The van der Waals surface area contributed by atoms with Crippen LogP contribution in [0.5, 0.6) is 0 Å². The number of carbonyl (C=O) groups is 1. The average molecular weight is 519 g/mol. The molecule has 0 bridgehead atoms. The molecule has 0 aromatic rings. The van der Waals surface area contributed by atoms with Crippen LogP contribution < -0.4 is 0 Å². The number of hydrogen-bond donors (Lipinski definition) is 7. The van der Waals surface area contributed by atoms with Crippen LogP contribution in [-0.2, 0) is 23.7 Å². The molecule has 1 aliphatic carbocycles. The lowest BCUT2D eigenvalue weighted by molar-refractivity contribution is -0.314. The van der Waals surface area contributed by atoms with E-state index in [9.17, 15) is 40.5 Å². The number of ether oxygens (including phenoxy) is 4. The van der Waals surface area contributed by atoms with Gasteiger partial charge >= 0.3 is 0 Å². The topological polar surface area (TPSA) is 196 Å². The lowest BCUT2D eigenvalue weighted by Gasteiger charge is -2.44. The van der Waals surface area contributed by atoms with Crippen molar-refractivity contribution in [2.45, 2.75) is 101 Å². The van der Waals surface area contributed by atoms with Crippen molar-refractivity contribution in [3.63, 3.8) is 0 Å². The summed E-state index contributed by atoms with van der Waals surface area (Å²) in [5.74, 6) is -0.0729. The highest BCUT2D eigenvalue weighted by Gasteiger charge is 2.48. The van der Waals surface area contributed by atoms with Gasteiger partial charge in [-0.1, -0.05) is 19.9 Å². The van der Waals surface area contributed by atoms with Gasteiger partial charge in [-0.25, -0.2) is 0 Å². The maximum atomic E-state index is 11.9. The Morgan fingerprint density at radius 2 is 1.61 bits per heavy atom. The van der Waals surface area contributed by atoms with Gasteiger partial charge in [0, 0.05) is 11.8 Å². The molecule has 2 saturated heterocycles. The van der Waals surface area contributed by atoms with Crippen LogP contribution >= 0.6 is 0 Å². The molecule has 3 aliphatic rings. The van der Waals surface area contributed by atoms with Gasteiger partial charge < -0.3 is 54.7 Å². The molecule has 0 radical (unpaired) electrons. The first-order chi connectivity index (χ1) is 16.7. The Hall–Kier alpha value is -1.29. The third-order valence-electron chi connectivity index (χ3n) is 7.18. The minimum atomic E-state index is -1.64. The molecule has 0 unspecified atom stereocenters. The second kappa shape index (κ2) is 11.2. The molecule has 206 valence electrons. The lowest BCUT2D eigenvalue weighted by atomic mass is 9.64. The summed E-state index contributed by atoms with van der Waals surface area (Å²) in [6.07, 6.45) is -8.62. The normalized spacial score (nSPS) is 44.1. The molecule has 36 heavy (non-hydrogen) atoms. The Morgan fingerprint density at radius 3 is 2.19 bits per heavy atom. The number of aliphatic hydroxyl groups is 7. The summed E-state index contributed by atoms with van der Waals surface area (Å²) in [4.78, 5) is 11.9. The molecule has 2 heterocycles. The van der Waals surface area contributed by atoms with Gasteiger partial charge in [-0.15, -0.1) is 0 Å². The van der Waals surface area contributed by atoms with Crippen LogP contribution in [0.1, 0.15) is 34.1 Å². The molecule has 0 amide bonds. The Bertz CT molecular complexity index is 843. The van der Waals surface area contributed by atoms with Crippen LogP contribution in [0.4, 0.5) is 0 Å². The smallest absolute Gasteiger partial charge is 0.187 e. The van der Waals surface area contributed by atoms with Gasteiger partial charge in [0.25, 0.3) is 0 Å². The van der Waals surface area contributed by atoms with Crippen molar-refractivity contribution in [2.75, 3.05) is 13.2 Å². The summed E-state index contributed by atoms with van der Waals surface area (Å²) in [6, 6.07) is 0. The van der Waals surface area contributed by atoms with Crippen molar-refractivity contribution in [2.24, 2.45) is 5.41 Å². The molecule has 12 nitrogen and oxygen atoms in total. The predicted molar refractivity (Wildman–Crippen MR) is 122 cm³/mol. The van der Waals surface area contributed by atoms with Crippen molar-refractivity contribution in [1.82, 2.24) is 0 Å². The molecule has 2 aliphatic heterocycles. The number of ketones is 1. The second-order valence-corrected chi connectivity index (χ2v) is 10.4. The Morgan fingerprint density at radius 1 is 1.03 bits per heavy atom. The fourth-order valence-electron chi connectivity index (χ4n) is 4.75. The van der Waals surface area contributed by atoms with E-state index in [2.05, 4.69) is 0 Å². The van der Waals surface area contributed by atoms with Crippen molar-refractivity contribution >= 4 is 5.78 Å². The molecule has 11 atom stereocenters. The second-order valence-electron chi connectivity index (χ2n) is 10.4. The fraction of sp³-hybridized carbons (Fsp3) is 0.792. The molecule has 7 N–H and O–H groups in total. The van der Waals surface area contributed by atoms with Crippen LogP contribution in [-0.4, -0.2) is 122 Å². The fourth-order valence-corrected chi connectivity index (χ4v) is 4.75. The number of aliphatic hydroxyl groups excluding tert-OH is 6. The first kappa shape index (κ1) is 29.3. The summed E-state index contributed by atoms with van der Waals surface area (Å²) in [7, 11) is 0. The highest BCUT2D eigenvalue weighted by atomic mass is 16.7. The van der Waals surface area contributed by atoms with Gasteiger partial charge in [-0.3, -0.25) is 4.79 Å². The monoisotopic (exact) mass is 518 g/mol. The van der Waals surface area contributed by atoms with Crippen molar-refractivity contribution in [1.29, 1.82) is 0 Å². The van der Waals surface area contributed by atoms with E-state index in [1.165, 1.54) is 12.2 Å². The van der Waals surface area contributed by atoms with E-state index in [-0.39, 0.29) is 12.2 Å². The van der Waals surface area contributed by atoms with Crippen molar-refractivity contribution in [3.8, 4) is 0 Å². The maximum Gasteiger partial charge on any atom is 0.187 e. The van der Waals surface area contributed by atoms with E-state index < -0.39 is 85.6 Å². The summed E-state index contributed by atoms with van der Waals surface area (Å²) >= 11 is 0. The maximum absolute atomic E-state index is 11.9. The largest absolute Gasteiger partial charge is 0.394 e. The summed E-state index contributed by atoms with van der Waals surface area (Å²) in [5, 5.41) is 71.3. The van der Waals surface area contributed by atoms with E-state index in [0.29, 0.717) is 5.57 Å². The molecule has 0 aromatic carbocycles. The quantitative estimate of drug-likeness (QED) is 0.173. The molecule has 0 saturated carbocycles. The van der Waals surface area contributed by atoms with E-state index in [1.54, 1.807) is 33.8 Å². The predicted octanol–water partition coefficient (Wildman–Crippen LogP) is -2.11. The van der Waals surface area contributed by atoms with Crippen LogP contribution in [0.15, 0.2) is 23.8 Å². The molecule has 3 rings (SSSR count).